The minimum Gasteiger partial charge on any atom is -0.260 e. The third kappa shape index (κ3) is 3.77. The van der Waals surface area contributed by atoms with Crippen LogP contribution in [-0.2, 0) is 0 Å². The highest BCUT2D eigenvalue weighted by Crippen LogP contribution is 2.17. The summed E-state index contributed by atoms with van der Waals surface area (Å²) in [6.45, 7) is 0. The second kappa shape index (κ2) is 5.47. The van der Waals surface area contributed by atoms with Gasteiger partial charge in [-0.25, -0.2) is 17.6 Å². The van der Waals surface area contributed by atoms with Gasteiger partial charge in [0.15, 0.2) is 0 Å². The molecule has 0 amide bonds. The first-order valence-electron chi connectivity index (χ1n) is 5.12. The second-order valence-electron chi connectivity index (χ2n) is 3.60. The van der Waals surface area contributed by atoms with E-state index in [1.54, 1.807) is 0 Å². The fourth-order valence-electron chi connectivity index (χ4n) is 1.36. The first kappa shape index (κ1) is 13.0. The Balaban J connectivity index is 2.11. The van der Waals surface area contributed by atoms with Gasteiger partial charge in [-0.3, -0.25) is 5.43 Å². The van der Waals surface area contributed by atoms with Crippen molar-refractivity contribution in [2.75, 3.05) is 5.43 Å². The number of rotatable bonds is 3. The SMILES string of the molecule is Fc1cc(F)cc(/N=N/Nc2cc(F)cc(F)c2)c1. The van der Waals surface area contributed by atoms with Gasteiger partial charge in [0.05, 0.1) is 11.4 Å². The number of anilines is 1. The maximum atomic E-state index is 12.8. The minimum atomic E-state index is -0.800. The molecule has 0 aliphatic carbocycles. The molecule has 2 aromatic rings. The van der Waals surface area contributed by atoms with Crippen molar-refractivity contribution < 1.29 is 17.6 Å². The normalized spacial score (nSPS) is 10.9. The molecule has 2 rings (SSSR count). The molecule has 1 N–H and O–H groups in total. The number of benzene rings is 2. The van der Waals surface area contributed by atoms with Gasteiger partial charge in [0.1, 0.15) is 23.3 Å². The van der Waals surface area contributed by atoms with Gasteiger partial charge < -0.3 is 0 Å². The summed E-state index contributed by atoms with van der Waals surface area (Å²) in [5.74, 6) is -3.17. The molecule has 0 bridgehead atoms. The average Bonchev–Trinajstić information content (AvgIpc) is 2.26. The van der Waals surface area contributed by atoms with E-state index in [1.807, 2.05) is 0 Å². The van der Waals surface area contributed by atoms with Gasteiger partial charge in [-0.2, -0.15) is 0 Å². The van der Waals surface area contributed by atoms with E-state index >= 15 is 0 Å². The van der Waals surface area contributed by atoms with Crippen molar-refractivity contribution in [2.45, 2.75) is 0 Å². The predicted octanol–water partition coefficient (Wildman–Crippen LogP) is 4.35. The van der Waals surface area contributed by atoms with Crippen molar-refractivity contribution >= 4 is 11.4 Å². The summed E-state index contributed by atoms with van der Waals surface area (Å²) in [6, 6.07) is 5.29. The summed E-state index contributed by atoms with van der Waals surface area (Å²) in [6.07, 6.45) is 0. The van der Waals surface area contributed by atoms with E-state index in [0.29, 0.717) is 12.1 Å². The molecule has 0 aliphatic rings. The van der Waals surface area contributed by atoms with Crippen molar-refractivity contribution in [3.05, 3.63) is 59.7 Å². The molecule has 0 heterocycles. The monoisotopic (exact) mass is 269 g/mol. The highest BCUT2D eigenvalue weighted by Gasteiger charge is 2.00. The van der Waals surface area contributed by atoms with Crippen molar-refractivity contribution in [2.24, 2.45) is 10.3 Å². The van der Waals surface area contributed by atoms with E-state index in [-0.39, 0.29) is 11.4 Å². The molecule has 0 radical (unpaired) electrons. The lowest BCUT2D eigenvalue weighted by molar-refractivity contribution is 0.583. The van der Waals surface area contributed by atoms with Gasteiger partial charge in [0.2, 0.25) is 0 Å². The highest BCUT2D eigenvalue weighted by molar-refractivity contribution is 5.43. The van der Waals surface area contributed by atoms with E-state index < -0.39 is 23.3 Å². The Kier molecular flexibility index (Phi) is 3.74. The van der Waals surface area contributed by atoms with Crippen molar-refractivity contribution in [1.82, 2.24) is 0 Å². The molecule has 7 heteroatoms. The van der Waals surface area contributed by atoms with Crippen LogP contribution in [0.2, 0.25) is 0 Å². The van der Waals surface area contributed by atoms with Crippen LogP contribution in [0.3, 0.4) is 0 Å². The first-order valence-corrected chi connectivity index (χ1v) is 5.12. The lowest BCUT2D eigenvalue weighted by Gasteiger charge is -1.99. The van der Waals surface area contributed by atoms with Gasteiger partial charge in [-0.15, -0.1) is 5.11 Å². The maximum absolute atomic E-state index is 12.8. The van der Waals surface area contributed by atoms with E-state index in [9.17, 15) is 17.6 Å². The number of hydrogen-bond donors (Lipinski definition) is 1. The summed E-state index contributed by atoms with van der Waals surface area (Å²) in [7, 11) is 0. The van der Waals surface area contributed by atoms with Crippen molar-refractivity contribution in [3.8, 4) is 0 Å². The van der Waals surface area contributed by atoms with Gasteiger partial charge in [0, 0.05) is 24.3 Å². The molecule has 0 saturated heterocycles. The predicted molar refractivity (Wildman–Crippen MR) is 60.9 cm³/mol. The Labute approximate surface area is 105 Å². The molecule has 0 aliphatic heterocycles. The first-order chi connectivity index (χ1) is 9.02. The fraction of sp³-hybridized carbons (Fsp3) is 0. The fourth-order valence-corrected chi connectivity index (χ4v) is 1.36. The second-order valence-corrected chi connectivity index (χ2v) is 3.60. The van der Waals surface area contributed by atoms with Crippen LogP contribution in [0.25, 0.3) is 0 Å². The zero-order valence-electron chi connectivity index (χ0n) is 9.37. The molecular formula is C12H7F4N3. The highest BCUT2D eigenvalue weighted by atomic mass is 19.1. The smallest absolute Gasteiger partial charge is 0.128 e. The molecule has 0 spiro atoms. The number of nitrogens with zero attached hydrogens (tertiary/aromatic N) is 2. The molecule has 19 heavy (non-hydrogen) atoms. The Morgan fingerprint density at radius 2 is 1.16 bits per heavy atom. The Hall–Kier alpha value is -2.44. The van der Waals surface area contributed by atoms with Crippen LogP contribution < -0.4 is 5.43 Å². The third-order valence-electron chi connectivity index (χ3n) is 2.05. The maximum Gasteiger partial charge on any atom is 0.128 e. The molecular weight excluding hydrogens is 262 g/mol. The quantitative estimate of drug-likeness (QED) is 0.502. The molecule has 0 fully saturated rings. The summed E-state index contributed by atoms with van der Waals surface area (Å²) >= 11 is 0. The molecule has 0 aromatic heterocycles. The summed E-state index contributed by atoms with van der Waals surface area (Å²) < 4.78 is 51.3. The Bertz CT molecular complexity index is 588. The lowest BCUT2D eigenvalue weighted by atomic mass is 10.3. The Morgan fingerprint density at radius 3 is 1.68 bits per heavy atom. The zero-order valence-corrected chi connectivity index (χ0v) is 9.37. The Morgan fingerprint density at radius 1 is 0.684 bits per heavy atom. The van der Waals surface area contributed by atoms with Crippen LogP contribution in [0.1, 0.15) is 0 Å². The molecule has 0 atom stereocenters. The van der Waals surface area contributed by atoms with Gasteiger partial charge in [-0.05, 0) is 12.1 Å². The van der Waals surface area contributed by atoms with Crippen LogP contribution in [0.5, 0.6) is 0 Å². The molecule has 0 unspecified atom stereocenters. The van der Waals surface area contributed by atoms with E-state index in [0.717, 1.165) is 24.3 Å². The molecule has 98 valence electrons. The van der Waals surface area contributed by atoms with E-state index in [4.69, 9.17) is 0 Å². The molecule has 0 saturated carbocycles. The van der Waals surface area contributed by atoms with Crippen molar-refractivity contribution in [1.29, 1.82) is 0 Å². The summed E-state index contributed by atoms with van der Waals surface area (Å²) in [5.41, 5.74) is 2.21. The van der Waals surface area contributed by atoms with Gasteiger partial charge >= 0.3 is 0 Å². The summed E-state index contributed by atoms with van der Waals surface area (Å²) in [4.78, 5) is 0. The van der Waals surface area contributed by atoms with Crippen LogP contribution >= 0.6 is 0 Å². The zero-order chi connectivity index (χ0) is 13.8. The van der Waals surface area contributed by atoms with Crippen LogP contribution in [0.15, 0.2) is 46.7 Å². The minimum absolute atomic E-state index is 0.0260. The molecule has 2 aromatic carbocycles. The van der Waals surface area contributed by atoms with E-state index in [1.165, 1.54) is 0 Å². The topological polar surface area (TPSA) is 36.8 Å². The number of halogens is 4. The van der Waals surface area contributed by atoms with Crippen LogP contribution in [-0.4, -0.2) is 0 Å². The van der Waals surface area contributed by atoms with Gasteiger partial charge in [-0.1, -0.05) is 5.22 Å². The lowest BCUT2D eigenvalue weighted by Crippen LogP contribution is -1.89. The number of nitrogens with one attached hydrogen (secondary N) is 1. The molecule has 3 nitrogen and oxygen atoms in total. The van der Waals surface area contributed by atoms with Crippen LogP contribution in [0.4, 0.5) is 28.9 Å². The number of hydrogen-bond acceptors (Lipinski definition) is 2. The van der Waals surface area contributed by atoms with Crippen molar-refractivity contribution in [3.63, 3.8) is 0 Å². The van der Waals surface area contributed by atoms with Gasteiger partial charge in [0.25, 0.3) is 0 Å². The largest absolute Gasteiger partial charge is 0.260 e. The van der Waals surface area contributed by atoms with E-state index in [2.05, 4.69) is 15.8 Å². The summed E-state index contributed by atoms with van der Waals surface area (Å²) in [5, 5.41) is 6.86. The van der Waals surface area contributed by atoms with Crippen LogP contribution in [0, 0.1) is 23.3 Å². The average molecular weight is 269 g/mol. The third-order valence-corrected chi connectivity index (χ3v) is 2.05. The standard InChI is InChI=1S/C12H7F4N3/c13-7-1-8(14)4-11(3-7)17-19-18-12-5-9(15)2-10(16)6-12/h1-6H,(H,17,18).